The minimum atomic E-state index is -3.34. The number of carboxylic acid groups (broad SMARTS) is 1. The molecular weight excluding hydrogens is 550 g/mol. The molecule has 41 heavy (non-hydrogen) atoms. The van der Waals surface area contributed by atoms with E-state index in [1.54, 1.807) is 36.4 Å². The van der Waals surface area contributed by atoms with E-state index in [4.69, 9.17) is 9.84 Å². The van der Waals surface area contributed by atoms with Crippen LogP contribution in [0.2, 0.25) is 0 Å². The fraction of sp³-hybridized carbons (Fsp3) is 0.286. The molecule has 3 rings (SSSR count). The molecule has 0 bridgehead atoms. The third-order valence-electron chi connectivity index (χ3n) is 5.93. The molecule has 0 saturated carbocycles. The van der Waals surface area contributed by atoms with Crippen LogP contribution in [0.25, 0.3) is 0 Å². The van der Waals surface area contributed by atoms with Crippen LogP contribution in [-0.4, -0.2) is 62.1 Å². The molecule has 0 saturated heterocycles. The van der Waals surface area contributed by atoms with Crippen molar-refractivity contribution in [3.63, 3.8) is 0 Å². The lowest BCUT2D eigenvalue weighted by Gasteiger charge is -2.17. The molecule has 0 radical (unpaired) electrons. The van der Waals surface area contributed by atoms with E-state index in [-0.39, 0.29) is 31.0 Å². The molecule has 1 aromatic heterocycles. The zero-order chi connectivity index (χ0) is 30.0. The van der Waals surface area contributed by atoms with Gasteiger partial charge in [0, 0.05) is 30.6 Å². The van der Waals surface area contributed by atoms with E-state index >= 15 is 0 Å². The monoisotopic (exact) mass is 583 g/mol. The number of nitrogens with zero attached hydrogens (tertiary/aromatic N) is 1. The molecule has 0 spiro atoms. The molecule has 5 N–H and O–H groups in total. The SMILES string of the molecule is COc1cc(CC(=O)CNc2ccc(C(CC(=O)O)NCS(C)(=O)=O)cn2)ccc1NC(=O)Nc1ccccc1C. The summed E-state index contributed by atoms with van der Waals surface area (Å²) in [5.41, 5.74) is 3.25. The van der Waals surface area contributed by atoms with Gasteiger partial charge in [-0.1, -0.05) is 30.3 Å². The maximum atomic E-state index is 12.6. The summed E-state index contributed by atoms with van der Waals surface area (Å²) < 4.78 is 28.3. The summed E-state index contributed by atoms with van der Waals surface area (Å²) in [5, 5.41) is 20.4. The fourth-order valence-electron chi connectivity index (χ4n) is 3.87. The zero-order valence-corrected chi connectivity index (χ0v) is 23.7. The lowest BCUT2D eigenvalue weighted by molar-refractivity contribution is -0.137. The first-order valence-corrected chi connectivity index (χ1v) is 14.6. The van der Waals surface area contributed by atoms with Gasteiger partial charge in [0.2, 0.25) is 0 Å². The van der Waals surface area contributed by atoms with Gasteiger partial charge in [0.1, 0.15) is 11.6 Å². The highest BCUT2D eigenvalue weighted by Crippen LogP contribution is 2.26. The molecule has 13 heteroatoms. The van der Waals surface area contributed by atoms with Gasteiger partial charge in [-0.3, -0.25) is 14.9 Å². The highest BCUT2D eigenvalue weighted by molar-refractivity contribution is 7.90. The fourth-order valence-corrected chi connectivity index (χ4v) is 4.37. The Bertz CT molecular complexity index is 1490. The summed E-state index contributed by atoms with van der Waals surface area (Å²) in [5.74, 6) is -0.789. The number of hydrogen-bond donors (Lipinski definition) is 5. The molecular formula is C28H33N5O7S. The van der Waals surface area contributed by atoms with Gasteiger partial charge < -0.3 is 25.8 Å². The average Bonchev–Trinajstić information content (AvgIpc) is 2.91. The van der Waals surface area contributed by atoms with Crippen molar-refractivity contribution in [3.8, 4) is 5.75 Å². The summed E-state index contributed by atoms with van der Waals surface area (Å²) in [6.07, 6.45) is 2.26. The molecule has 3 aromatic rings. The number of carbonyl (C=O) groups excluding carboxylic acids is 2. The Labute approximate surface area is 238 Å². The van der Waals surface area contributed by atoms with E-state index < -0.39 is 27.9 Å². The van der Waals surface area contributed by atoms with Crippen molar-refractivity contribution in [1.82, 2.24) is 10.3 Å². The Morgan fingerprint density at radius 2 is 1.76 bits per heavy atom. The van der Waals surface area contributed by atoms with E-state index in [0.29, 0.717) is 34.1 Å². The highest BCUT2D eigenvalue weighted by atomic mass is 32.2. The molecule has 2 aromatic carbocycles. The molecule has 218 valence electrons. The first-order chi connectivity index (χ1) is 19.4. The molecule has 0 aliphatic heterocycles. The number of aliphatic carboxylic acids is 1. The largest absolute Gasteiger partial charge is 0.495 e. The van der Waals surface area contributed by atoms with Crippen molar-refractivity contribution >= 4 is 44.8 Å². The normalized spacial score (nSPS) is 11.8. The van der Waals surface area contributed by atoms with E-state index in [2.05, 4.69) is 26.3 Å². The maximum absolute atomic E-state index is 12.6. The lowest BCUT2D eigenvalue weighted by atomic mass is 10.1. The predicted octanol–water partition coefficient (Wildman–Crippen LogP) is 3.37. The maximum Gasteiger partial charge on any atom is 0.323 e. The van der Waals surface area contributed by atoms with Crippen LogP contribution in [0.5, 0.6) is 5.75 Å². The minimum Gasteiger partial charge on any atom is -0.495 e. The van der Waals surface area contributed by atoms with Gasteiger partial charge in [0.25, 0.3) is 0 Å². The van der Waals surface area contributed by atoms with Gasteiger partial charge in [0.15, 0.2) is 15.6 Å². The molecule has 0 aliphatic carbocycles. The number of pyridine rings is 1. The van der Waals surface area contributed by atoms with Crippen molar-refractivity contribution in [2.45, 2.75) is 25.8 Å². The number of para-hydroxylation sites is 1. The Hall–Kier alpha value is -4.49. The lowest BCUT2D eigenvalue weighted by Crippen LogP contribution is -2.29. The number of hydrogen-bond acceptors (Lipinski definition) is 9. The van der Waals surface area contributed by atoms with Crippen LogP contribution >= 0.6 is 0 Å². The van der Waals surface area contributed by atoms with Crippen LogP contribution in [0.3, 0.4) is 0 Å². The number of methoxy groups -OCH3 is 1. The van der Waals surface area contributed by atoms with Crippen molar-refractivity contribution in [2.75, 3.05) is 41.7 Å². The number of carbonyl (C=O) groups is 3. The highest BCUT2D eigenvalue weighted by Gasteiger charge is 2.18. The Balaban J connectivity index is 1.55. The topological polar surface area (TPSA) is 176 Å². The molecule has 0 fully saturated rings. The molecule has 1 heterocycles. The van der Waals surface area contributed by atoms with E-state index in [1.165, 1.54) is 13.3 Å². The van der Waals surface area contributed by atoms with Crippen LogP contribution in [0.15, 0.2) is 60.8 Å². The number of ketones is 1. The summed E-state index contributed by atoms with van der Waals surface area (Å²) in [6, 6.07) is 14.5. The van der Waals surface area contributed by atoms with Crippen molar-refractivity contribution in [1.29, 1.82) is 0 Å². The number of benzene rings is 2. The Morgan fingerprint density at radius 3 is 2.39 bits per heavy atom. The van der Waals surface area contributed by atoms with Crippen LogP contribution in [0.1, 0.15) is 29.2 Å². The number of carboxylic acids is 1. The van der Waals surface area contributed by atoms with E-state index in [1.807, 2.05) is 25.1 Å². The third-order valence-corrected chi connectivity index (χ3v) is 6.63. The van der Waals surface area contributed by atoms with Crippen LogP contribution < -0.4 is 26.0 Å². The van der Waals surface area contributed by atoms with Crippen molar-refractivity contribution in [2.24, 2.45) is 0 Å². The predicted molar refractivity (Wildman–Crippen MR) is 156 cm³/mol. The van der Waals surface area contributed by atoms with E-state index in [0.717, 1.165) is 11.8 Å². The Kier molecular flexibility index (Phi) is 10.8. The molecule has 1 unspecified atom stereocenters. The van der Waals surface area contributed by atoms with Gasteiger partial charge in [0.05, 0.1) is 31.6 Å². The summed E-state index contributed by atoms with van der Waals surface area (Å²) in [6.45, 7) is 1.88. The second-order valence-corrected chi connectivity index (χ2v) is 11.5. The summed E-state index contributed by atoms with van der Waals surface area (Å²) >= 11 is 0. The number of aryl methyl sites for hydroxylation is 1. The van der Waals surface area contributed by atoms with Gasteiger partial charge in [-0.2, -0.15) is 0 Å². The first kappa shape index (κ1) is 31.0. The standard InChI is InChI=1S/C28H33N5O7S/c1-18-6-4-5-7-22(18)32-28(37)33-23-10-8-19(13-25(23)40-2)12-21(34)16-30-26-11-9-20(15-29-26)24(14-27(35)36)31-17-41(3,38)39/h4-11,13,15,24,31H,12,14,16-17H2,1-3H3,(H,29,30)(H,35,36)(H2,32,33,37). The van der Waals surface area contributed by atoms with Crippen LogP contribution in [0.4, 0.5) is 22.0 Å². The molecule has 1 atom stereocenters. The average molecular weight is 584 g/mol. The first-order valence-electron chi connectivity index (χ1n) is 12.6. The number of sulfone groups is 1. The van der Waals surface area contributed by atoms with Gasteiger partial charge in [-0.15, -0.1) is 0 Å². The van der Waals surface area contributed by atoms with Crippen molar-refractivity contribution < 1.29 is 32.6 Å². The number of nitrogens with one attached hydrogen (secondary N) is 4. The minimum absolute atomic E-state index is 0.0155. The number of Topliss-reactive ketones (excluding diaryl/α,β-unsaturated/α-hetero) is 1. The van der Waals surface area contributed by atoms with E-state index in [9.17, 15) is 22.8 Å². The second-order valence-electron chi connectivity index (χ2n) is 9.40. The number of anilines is 3. The van der Waals surface area contributed by atoms with Crippen LogP contribution in [0, 0.1) is 6.92 Å². The van der Waals surface area contributed by atoms with Gasteiger partial charge in [-0.25, -0.2) is 18.2 Å². The number of ether oxygens (including phenoxy) is 1. The summed E-state index contributed by atoms with van der Waals surface area (Å²) in [4.78, 5) is 40.5. The number of urea groups is 1. The van der Waals surface area contributed by atoms with Gasteiger partial charge >= 0.3 is 12.0 Å². The molecule has 12 nitrogen and oxygen atoms in total. The second kappa shape index (κ2) is 14.2. The third kappa shape index (κ3) is 10.2. The van der Waals surface area contributed by atoms with Crippen LogP contribution in [-0.2, 0) is 25.8 Å². The Morgan fingerprint density at radius 1 is 1.02 bits per heavy atom. The number of aromatic nitrogens is 1. The zero-order valence-electron chi connectivity index (χ0n) is 22.9. The number of amides is 2. The quantitative estimate of drug-likeness (QED) is 0.189. The molecule has 2 amide bonds. The van der Waals surface area contributed by atoms with Gasteiger partial charge in [-0.05, 0) is 47.9 Å². The molecule has 0 aliphatic rings. The summed E-state index contributed by atoms with van der Waals surface area (Å²) in [7, 11) is -1.87. The smallest absolute Gasteiger partial charge is 0.323 e. The number of rotatable bonds is 14. The van der Waals surface area contributed by atoms with Crippen molar-refractivity contribution in [3.05, 3.63) is 77.5 Å².